The van der Waals surface area contributed by atoms with Gasteiger partial charge >= 0.3 is 0 Å². The van der Waals surface area contributed by atoms with Crippen LogP contribution in [0, 0.1) is 5.92 Å². The maximum absolute atomic E-state index is 12.2. The predicted molar refractivity (Wildman–Crippen MR) is 78.1 cm³/mol. The average Bonchev–Trinajstić information content (AvgIpc) is 2.45. The molecule has 104 valence electrons. The van der Waals surface area contributed by atoms with Crippen LogP contribution in [0.3, 0.4) is 0 Å². The van der Waals surface area contributed by atoms with E-state index in [4.69, 9.17) is 5.73 Å². The van der Waals surface area contributed by atoms with Crippen molar-refractivity contribution in [2.45, 2.75) is 45.1 Å². The second-order valence-electron chi connectivity index (χ2n) is 5.51. The predicted octanol–water partition coefficient (Wildman–Crippen LogP) is 2.50. The number of aryl methyl sites for hydroxylation is 1. The molecule has 3 N–H and O–H groups in total. The number of nitrogens with two attached hydrogens (primary N) is 1. The summed E-state index contributed by atoms with van der Waals surface area (Å²) in [6, 6.07) is 8.14. The largest absolute Gasteiger partial charge is 0.352 e. The van der Waals surface area contributed by atoms with Crippen LogP contribution in [0.4, 0.5) is 0 Å². The van der Waals surface area contributed by atoms with Crippen molar-refractivity contribution in [2.75, 3.05) is 6.54 Å². The smallest absolute Gasteiger partial charge is 0.251 e. The molecule has 1 amide bonds. The zero-order valence-corrected chi connectivity index (χ0v) is 11.7. The molecule has 1 aromatic carbocycles. The first-order valence-electron chi connectivity index (χ1n) is 7.32. The Bertz CT molecular complexity index is 431. The van der Waals surface area contributed by atoms with Crippen LogP contribution < -0.4 is 11.1 Å². The van der Waals surface area contributed by atoms with Gasteiger partial charge in [0.15, 0.2) is 0 Å². The quantitative estimate of drug-likeness (QED) is 0.874. The number of carbonyl (C=O) groups is 1. The molecular weight excluding hydrogens is 236 g/mol. The van der Waals surface area contributed by atoms with Gasteiger partial charge in [0.05, 0.1) is 0 Å². The summed E-state index contributed by atoms with van der Waals surface area (Å²) in [5.41, 5.74) is 7.90. The van der Waals surface area contributed by atoms with Crippen molar-refractivity contribution in [1.29, 1.82) is 0 Å². The number of rotatable bonds is 4. The minimum atomic E-state index is 0.0524. The summed E-state index contributed by atoms with van der Waals surface area (Å²) in [4.78, 5) is 12.2. The molecule has 2 atom stereocenters. The van der Waals surface area contributed by atoms with Gasteiger partial charge in [0.1, 0.15) is 0 Å². The van der Waals surface area contributed by atoms with E-state index in [0.29, 0.717) is 12.0 Å². The molecule has 1 aliphatic rings. The van der Waals surface area contributed by atoms with Gasteiger partial charge in [-0.1, -0.05) is 31.5 Å². The summed E-state index contributed by atoms with van der Waals surface area (Å²) in [5, 5.41) is 3.07. The monoisotopic (exact) mass is 260 g/mol. The molecule has 3 nitrogen and oxygen atoms in total. The lowest BCUT2D eigenvalue weighted by Gasteiger charge is -2.26. The van der Waals surface area contributed by atoms with Gasteiger partial charge in [0.25, 0.3) is 5.91 Å². The molecule has 3 heteroatoms. The third kappa shape index (κ3) is 3.80. The number of carbonyl (C=O) groups excluding carboxylic acids is 1. The minimum absolute atomic E-state index is 0.0524. The fourth-order valence-corrected chi connectivity index (χ4v) is 2.90. The summed E-state index contributed by atoms with van der Waals surface area (Å²) in [5.74, 6) is 0.595. The average molecular weight is 260 g/mol. The van der Waals surface area contributed by atoms with Gasteiger partial charge < -0.3 is 11.1 Å². The summed E-state index contributed by atoms with van der Waals surface area (Å²) in [7, 11) is 0. The van der Waals surface area contributed by atoms with Crippen molar-refractivity contribution >= 4 is 5.91 Å². The van der Waals surface area contributed by atoms with Crippen LogP contribution in [0.15, 0.2) is 24.3 Å². The number of hydrogen-bond acceptors (Lipinski definition) is 2. The normalized spacial score (nSPS) is 23.1. The first-order valence-corrected chi connectivity index (χ1v) is 7.32. The van der Waals surface area contributed by atoms with Crippen LogP contribution in [-0.4, -0.2) is 18.5 Å². The Morgan fingerprint density at radius 3 is 2.89 bits per heavy atom. The highest BCUT2D eigenvalue weighted by Gasteiger charge is 2.20. The minimum Gasteiger partial charge on any atom is -0.352 e. The Kier molecular flexibility index (Phi) is 4.97. The van der Waals surface area contributed by atoms with Gasteiger partial charge in [-0.25, -0.2) is 0 Å². The maximum atomic E-state index is 12.2. The Morgan fingerprint density at radius 2 is 2.16 bits per heavy atom. The van der Waals surface area contributed by atoms with Crippen LogP contribution in [-0.2, 0) is 6.42 Å². The van der Waals surface area contributed by atoms with Gasteiger partial charge in [-0.15, -0.1) is 0 Å². The Morgan fingerprint density at radius 1 is 1.37 bits per heavy atom. The molecule has 1 aromatic rings. The van der Waals surface area contributed by atoms with E-state index >= 15 is 0 Å². The first kappa shape index (κ1) is 14.1. The molecule has 1 fully saturated rings. The molecule has 0 aromatic heterocycles. The highest BCUT2D eigenvalue weighted by Crippen LogP contribution is 2.22. The molecule has 19 heavy (non-hydrogen) atoms. The summed E-state index contributed by atoms with van der Waals surface area (Å²) >= 11 is 0. The van der Waals surface area contributed by atoms with Gasteiger partial charge in [0.2, 0.25) is 0 Å². The van der Waals surface area contributed by atoms with E-state index in [-0.39, 0.29) is 5.91 Å². The number of amides is 1. The standard InChI is InChI=1S/C16H24N2O/c1-2-13-7-3-4-9-15(13)16(19)18-11-12-6-5-8-14(17)10-12/h3-4,7,9,12,14H,2,5-6,8,10-11,17H2,1H3,(H,18,19). The molecule has 0 radical (unpaired) electrons. The molecular formula is C16H24N2O. The highest BCUT2D eigenvalue weighted by atomic mass is 16.1. The summed E-state index contributed by atoms with van der Waals surface area (Å²) in [6.45, 7) is 2.83. The van der Waals surface area contributed by atoms with Crippen LogP contribution in [0.5, 0.6) is 0 Å². The van der Waals surface area contributed by atoms with E-state index in [1.165, 1.54) is 12.8 Å². The molecule has 2 rings (SSSR count). The van der Waals surface area contributed by atoms with Crippen LogP contribution >= 0.6 is 0 Å². The Hall–Kier alpha value is -1.35. The number of nitrogens with one attached hydrogen (secondary N) is 1. The zero-order valence-electron chi connectivity index (χ0n) is 11.7. The molecule has 0 bridgehead atoms. The van der Waals surface area contributed by atoms with E-state index in [2.05, 4.69) is 12.2 Å². The van der Waals surface area contributed by atoms with Crippen molar-refractivity contribution in [2.24, 2.45) is 11.7 Å². The van der Waals surface area contributed by atoms with Gasteiger partial charge in [-0.2, -0.15) is 0 Å². The molecule has 0 spiro atoms. The summed E-state index contributed by atoms with van der Waals surface area (Å²) < 4.78 is 0. The number of hydrogen-bond donors (Lipinski definition) is 2. The third-order valence-corrected chi connectivity index (χ3v) is 4.02. The topological polar surface area (TPSA) is 55.1 Å². The van der Waals surface area contributed by atoms with Crippen molar-refractivity contribution in [3.63, 3.8) is 0 Å². The molecule has 0 heterocycles. The van der Waals surface area contributed by atoms with Crippen molar-refractivity contribution in [3.8, 4) is 0 Å². The zero-order chi connectivity index (χ0) is 13.7. The van der Waals surface area contributed by atoms with Crippen molar-refractivity contribution in [3.05, 3.63) is 35.4 Å². The maximum Gasteiger partial charge on any atom is 0.251 e. The second kappa shape index (κ2) is 6.71. The molecule has 0 aliphatic heterocycles. The van der Waals surface area contributed by atoms with Gasteiger partial charge in [-0.05, 0) is 43.2 Å². The Balaban J connectivity index is 1.90. The number of benzene rings is 1. The molecule has 1 aliphatic carbocycles. The van der Waals surface area contributed by atoms with E-state index < -0.39 is 0 Å². The van der Waals surface area contributed by atoms with Crippen LogP contribution in [0.2, 0.25) is 0 Å². The van der Waals surface area contributed by atoms with Crippen molar-refractivity contribution in [1.82, 2.24) is 5.32 Å². The van der Waals surface area contributed by atoms with Gasteiger partial charge in [-0.3, -0.25) is 4.79 Å². The lowest BCUT2D eigenvalue weighted by Crippen LogP contribution is -2.35. The van der Waals surface area contributed by atoms with E-state index in [1.807, 2.05) is 24.3 Å². The van der Waals surface area contributed by atoms with E-state index in [0.717, 1.165) is 36.9 Å². The van der Waals surface area contributed by atoms with Crippen LogP contribution in [0.25, 0.3) is 0 Å². The van der Waals surface area contributed by atoms with E-state index in [1.54, 1.807) is 0 Å². The summed E-state index contributed by atoms with van der Waals surface area (Å²) in [6.07, 6.45) is 5.42. The highest BCUT2D eigenvalue weighted by molar-refractivity contribution is 5.95. The second-order valence-corrected chi connectivity index (χ2v) is 5.51. The van der Waals surface area contributed by atoms with Gasteiger partial charge in [0, 0.05) is 18.2 Å². The fourth-order valence-electron chi connectivity index (χ4n) is 2.90. The van der Waals surface area contributed by atoms with E-state index in [9.17, 15) is 4.79 Å². The van der Waals surface area contributed by atoms with Crippen LogP contribution in [0.1, 0.15) is 48.5 Å². The van der Waals surface area contributed by atoms with Crippen molar-refractivity contribution < 1.29 is 4.79 Å². The molecule has 0 saturated heterocycles. The first-order chi connectivity index (χ1) is 9.20. The lowest BCUT2D eigenvalue weighted by atomic mass is 9.86. The fraction of sp³-hybridized carbons (Fsp3) is 0.562. The lowest BCUT2D eigenvalue weighted by molar-refractivity contribution is 0.0941. The molecule has 1 saturated carbocycles. The third-order valence-electron chi connectivity index (χ3n) is 4.02. The Labute approximate surface area is 115 Å². The SMILES string of the molecule is CCc1ccccc1C(=O)NCC1CCCC(N)C1. The molecule has 2 unspecified atom stereocenters.